The zero-order valence-electron chi connectivity index (χ0n) is 15.3. The van der Waals surface area contributed by atoms with Gasteiger partial charge in [-0.1, -0.05) is 54.6 Å². The molecule has 0 saturated carbocycles. The Hall–Kier alpha value is -3.56. The van der Waals surface area contributed by atoms with Crippen LogP contribution in [0.15, 0.2) is 93.8 Å². The van der Waals surface area contributed by atoms with Crippen LogP contribution in [0.25, 0.3) is 64.4 Å². The van der Waals surface area contributed by atoms with E-state index in [2.05, 4.69) is 54.6 Å². The van der Waals surface area contributed by atoms with Crippen molar-refractivity contribution in [2.75, 3.05) is 0 Å². The molecule has 0 spiro atoms. The molecule has 3 heteroatoms. The molecule has 7 rings (SSSR count). The molecule has 0 aliphatic carbocycles. The van der Waals surface area contributed by atoms with E-state index in [9.17, 15) is 0 Å². The van der Waals surface area contributed by atoms with Gasteiger partial charge < -0.3 is 8.83 Å². The number of furan rings is 2. The van der Waals surface area contributed by atoms with E-state index in [0.717, 1.165) is 44.2 Å². The number of fused-ring (bicyclic) bond motifs is 7. The third kappa shape index (κ3) is 2.05. The molecule has 136 valence electrons. The molecule has 3 aromatic heterocycles. The lowest BCUT2D eigenvalue weighted by Gasteiger charge is -2.03. The van der Waals surface area contributed by atoms with Gasteiger partial charge in [-0.25, -0.2) is 0 Å². The van der Waals surface area contributed by atoms with Gasteiger partial charge in [0.1, 0.15) is 22.5 Å². The first-order valence-corrected chi connectivity index (χ1v) is 10.4. The Morgan fingerprint density at radius 2 is 1.34 bits per heavy atom. The molecular formula is C26H14O2S. The summed E-state index contributed by atoms with van der Waals surface area (Å²) in [4.78, 5) is 0. The van der Waals surface area contributed by atoms with Gasteiger partial charge in [0, 0.05) is 36.3 Å². The Morgan fingerprint density at radius 1 is 0.586 bits per heavy atom. The zero-order chi connectivity index (χ0) is 18.9. The highest BCUT2D eigenvalue weighted by Gasteiger charge is 2.21. The quantitative estimate of drug-likeness (QED) is 0.281. The van der Waals surface area contributed by atoms with Gasteiger partial charge in [0.15, 0.2) is 0 Å². The fraction of sp³-hybridized carbons (Fsp3) is 0. The molecule has 29 heavy (non-hydrogen) atoms. The predicted molar refractivity (Wildman–Crippen MR) is 122 cm³/mol. The van der Waals surface area contributed by atoms with E-state index < -0.39 is 0 Å². The third-order valence-electron chi connectivity index (χ3n) is 5.68. The van der Waals surface area contributed by atoms with Gasteiger partial charge in [0.05, 0.1) is 5.56 Å². The van der Waals surface area contributed by atoms with Gasteiger partial charge in [-0.2, -0.15) is 0 Å². The minimum atomic E-state index is 0.851. The largest absolute Gasteiger partial charge is 0.456 e. The molecule has 7 aromatic rings. The fourth-order valence-electron chi connectivity index (χ4n) is 4.40. The highest BCUT2D eigenvalue weighted by atomic mass is 32.1. The number of thiophene rings is 1. The van der Waals surface area contributed by atoms with Gasteiger partial charge in [0.25, 0.3) is 0 Å². The Morgan fingerprint density at radius 3 is 2.24 bits per heavy atom. The van der Waals surface area contributed by atoms with E-state index in [4.69, 9.17) is 8.83 Å². The summed E-state index contributed by atoms with van der Waals surface area (Å²) in [6.07, 6.45) is 0. The average molecular weight is 390 g/mol. The second-order valence-corrected chi connectivity index (χ2v) is 8.43. The SMILES string of the molecule is c1ccc2oc(-c3c4oc5ccccc5c4cc4sc5ccccc5c34)cc2c1. The van der Waals surface area contributed by atoms with Crippen LogP contribution in [-0.2, 0) is 0 Å². The first kappa shape index (κ1) is 15.4. The Labute approximate surface area is 169 Å². The first-order chi connectivity index (χ1) is 14.4. The number of para-hydroxylation sites is 2. The molecule has 4 aromatic carbocycles. The van der Waals surface area contributed by atoms with Crippen molar-refractivity contribution in [2.24, 2.45) is 0 Å². The van der Waals surface area contributed by atoms with Gasteiger partial charge in [0.2, 0.25) is 0 Å². The van der Waals surface area contributed by atoms with Crippen molar-refractivity contribution in [1.82, 2.24) is 0 Å². The van der Waals surface area contributed by atoms with Crippen LogP contribution in [0.1, 0.15) is 0 Å². The van der Waals surface area contributed by atoms with Crippen LogP contribution in [0.3, 0.4) is 0 Å². The maximum absolute atomic E-state index is 6.41. The summed E-state index contributed by atoms with van der Waals surface area (Å²) >= 11 is 1.82. The normalized spacial score (nSPS) is 12.1. The van der Waals surface area contributed by atoms with E-state index in [-0.39, 0.29) is 0 Å². The summed E-state index contributed by atoms with van der Waals surface area (Å²) in [5, 5.41) is 5.82. The Bertz CT molecular complexity index is 1670. The number of hydrogen-bond donors (Lipinski definition) is 0. The Kier molecular flexibility index (Phi) is 2.91. The van der Waals surface area contributed by atoms with Crippen LogP contribution in [0.4, 0.5) is 0 Å². The van der Waals surface area contributed by atoms with Crippen molar-refractivity contribution in [1.29, 1.82) is 0 Å². The highest BCUT2D eigenvalue weighted by molar-refractivity contribution is 7.26. The van der Waals surface area contributed by atoms with E-state index in [1.54, 1.807) is 0 Å². The van der Waals surface area contributed by atoms with Crippen LogP contribution in [0.2, 0.25) is 0 Å². The summed E-state index contributed by atoms with van der Waals surface area (Å²) in [6.45, 7) is 0. The van der Waals surface area contributed by atoms with Crippen molar-refractivity contribution < 1.29 is 8.83 Å². The maximum atomic E-state index is 6.41. The number of benzene rings is 4. The highest BCUT2D eigenvalue weighted by Crippen LogP contribution is 2.47. The van der Waals surface area contributed by atoms with Crippen LogP contribution < -0.4 is 0 Å². The van der Waals surface area contributed by atoms with Crippen molar-refractivity contribution in [3.8, 4) is 11.3 Å². The molecule has 3 heterocycles. The monoisotopic (exact) mass is 390 g/mol. The second kappa shape index (κ2) is 5.49. The minimum Gasteiger partial charge on any atom is -0.456 e. The molecule has 0 aliphatic rings. The lowest BCUT2D eigenvalue weighted by molar-refractivity contribution is 0.627. The summed E-state index contributed by atoms with van der Waals surface area (Å²) in [5.74, 6) is 0.851. The van der Waals surface area contributed by atoms with Crippen LogP contribution in [-0.4, -0.2) is 0 Å². The lowest BCUT2D eigenvalue weighted by Crippen LogP contribution is -1.79. The molecule has 2 nitrogen and oxygen atoms in total. The maximum Gasteiger partial charge on any atom is 0.147 e. The number of hydrogen-bond acceptors (Lipinski definition) is 3. The van der Waals surface area contributed by atoms with E-state index >= 15 is 0 Å². The van der Waals surface area contributed by atoms with Crippen molar-refractivity contribution in [3.63, 3.8) is 0 Å². The third-order valence-corrected chi connectivity index (χ3v) is 6.80. The molecule has 0 atom stereocenters. The van der Waals surface area contributed by atoms with Crippen molar-refractivity contribution >= 4 is 64.4 Å². The number of rotatable bonds is 1. The summed E-state index contributed by atoms with van der Waals surface area (Å²) < 4.78 is 15.3. The molecule has 0 bridgehead atoms. The topological polar surface area (TPSA) is 26.3 Å². The molecule has 0 N–H and O–H groups in total. The predicted octanol–water partition coefficient (Wildman–Crippen LogP) is 8.37. The molecule has 0 saturated heterocycles. The molecule has 0 amide bonds. The van der Waals surface area contributed by atoms with Crippen LogP contribution >= 0.6 is 11.3 Å². The fourth-order valence-corrected chi connectivity index (χ4v) is 5.56. The zero-order valence-corrected chi connectivity index (χ0v) is 16.1. The van der Waals surface area contributed by atoms with Crippen molar-refractivity contribution in [2.45, 2.75) is 0 Å². The van der Waals surface area contributed by atoms with Gasteiger partial charge >= 0.3 is 0 Å². The van der Waals surface area contributed by atoms with Gasteiger partial charge in [-0.15, -0.1) is 11.3 Å². The van der Waals surface area contributed by atoms with Gasteiger partial charge in [-0.05, 0) is 30.3 Å². The molecular weight excluding hydrogens is 376 g/mol. The molecule has 0 unspecified atom stereocenters. The van der Waals surface area contributed by atoms with Crippen LogP contribution in [0, 0.1) is 0 Å². The summed E-state index contributed by atoms with van der Waals surface area (Å²) in [7, 11) is 0. The minimum absolute atomic E-state index is 0.851. The van der Waals surface area contributed by atoms with E-state index in [1.165, 1.54) is 20.2 Å². The van der Waals surface area contributed by atoms with Gasteiger partial charge in [-0.3, -0.25) is 0 Å². The van der Waals surface area contributed by atoms with Crippen molar-refractivity contribution in [3.05, 3.63) is 84.9 Å². The van der Waals surface area contributed by atoms with E-state index in [0.29, 0.717) is 0 Å². The summed E-state index contributed by atoms with van der Waals surface area (Å²) in [6, 6.07) is 29.4. The Balaban J connectivity index is 1.75. The smallest absolute Gasteiger partial charge is 0.147 e. The molecule has 0 aliphatic heterocycles. The summed E-state index contributed by atoms with van der Waals surface area (Å²) in [5.41, 5.74) is 3.73. The van der Waals surface area contributed by atoms with Crippen LogP contribution in [0.5, 0.6) is 0 Å². The average Bonchev–Trinajstić information content (AvgIpc) is 3.44. The lowest BCUT2D eigenvalue weighted by atomic mass is 10.0. The molecule has 0 fully saturated rings. The molecule has 0 radical (unpaired) electrons. The van der Waals surface area contributed by atoms with E-state index in [1.807, 2.05) is 41.7 Å². The second-order valence-electron chi connectivity index (χ2n) is 7.35. The standard InChI is InChI=1S/C26H14O2S/c1-4-10-19-15(7-1)13-21(27-19)25-24-17-9-3-6-12-22(17)29-23(24)14-18-16-8-2-5-11-20(16)28-26(18)25/h1-14H. The first-order valence-electron chi connectivity index (χ1n) is 9.61.